The zero-order chi connectivity index (χ0) is 42.7. The number of piperazine rings is 2. The number of nitrogens with zero attached hydrogens (tertiary/aromatic N) is 5. The number of aliphatic imine (C=N–C) groups is 1. The van der Waals surface area contributed by atoms with Crippen molar-refractivity contribution in [3.05, 3.63) is 204 Å². The van der Waals surface area contributed by atoms with Crippen molar-refractivity contribution in [1.29, 1.82) is 0 Å². The minimum atomic E-state index is -0.388. The van der Waals surface area contributed by atoms with Crippen LogP contribution in [0.2, 0.25) is 0 Å². The third kappa shape index (κ3) is 10.5. The molecule has 0 aliphatic carbocycles. The van der Waals surface area contributed by atoms with Crippen LogP contribution in [0.5, 0.6) is 0 Å². The maximum Gasteiger partial charge on any atom is 0.242 e. The molecule has 8 rings (SSSR count). The molecule has 0 saturated carbocycles. The predicted molar refractivity (Wildman–Crippen MR) is 245 cm³/mol. The number of hydrogen-bond donors (Lipinski definition) is 3. The molecule has 4 unspecified atom stereocenters. The molecular weight excluding hydrogens is 779 g/mol. The second kappa shape index (κ2) is 20.3. The fourth-order valence-electron chi connectivity index (χ4n) is 8.94. The fraction of sp³-hybridized carbons (Fsp3) is 0.255. The number of benzene rings is 6. The molecule has 62 heavy (non-hydrogen) atoms. The number of carbonyl (C=O) groups excluding carboxylic acids is 1. The van der Waals surface area contributed by atoms with Gasteiger partial charge in [0.1, 0.15) is 18.2 Å². The van der Waals surface area contributed by atoms with Crippen LogP contribution >= 0.6 is 0 Å². The van der Waals surface area contributed by atoms with Crippen molar-refractivity contribution in [2.75, 3.05) is 68.7 Å². The lowest BCUT2D eigenvalue weighted by molar-refractivity contribution is -0.121. The summed E-state index contributed by atoms with van der Waals surface area (Å²) in [4.78, 5) is 28.3. The summed E-state index contributed by atoms with van der Waals surface area (Å²) in [7, 11) is 0. The number of amides is 1. The smallest absolute Gasteiger partial charge is 0.242 e. The summed E-state index contributed by atoms with van der Waals surface area (Å²) in [6.45, 7) is 5.92. The molecule has 0 aromatic heterocycles. The van der Waals surface area contributed by atoms with Gasteiger partial charge in [-0.05, 0) is 70.8 Å². The van der Waals surface area contributed by atoms with Gasteiger partial charge in [-0.15, -0.1) is 0 Å². The number of nitrogens with one attached hydrogen (secondary N) is 2. The first-order valence-corrected chi connectivity index (χ1v) is 21.4. The highest BCUT2D eigenvalue weighted by Gasteiger charge is 2.35. The summed E-state index contributed by atoms with van der Waals surface area (Å²) in [5, 5.41) is 6.94. The maximum atomic E-state index is 14.1. The molecular formula is C51H54F2N8O. The van der Waals surface area contributed by atoms with E-state index in [0.717, 1.165) is 86.0 Å². The molecule has 2 heterocycles. The van der Waals surface area contributed by atoms with Gasteiger partial charge in [0.25, 0.3) is 0 Å². The van der Waals surface area contributed by atoms with Crippen molar-refractivity contribution in [1.82, 2.24) is 20.4 Å². The van der Waals surface area contributed by atoms with Crippen molar-refractivity contribution in [2.45, 2.75) is 24.2 Å². The number of anilines is 2. The number of carbonyl (C=O) groups is 1. The van der Waals surface area contributed by atoms with Crippen LogP contribution in [0.25, 0.3) is 0 Å². The van der Waals surface area contributed by atoms with E-state index in [1.54, 1.807) is 0 Å². The van der Waals surface area contributed by atoms with E-state index >= 15 is 0 Å². The first kappa shape index (κ1) is 42.1. The van der Waals surface area contributed by atoms with Gasteiger partial charge in [0.15, 0.2) is 5.96 Å². The van der Waals surface area contributed by atoms with Crippen LogP contribution in [0, 0.1) is 11.6 Å². The number of rotatable bonds is 14. The Morgan fingerprint density at radius 1 is 0.484 bits per heavy atom. The molecule has 4 N–H and O–H groups in total. The fourth-order valence-corrected chi connectivity index (χ4v) is 8.94. The molecule has 2 aliphatic rings. The Morgan fingerprint density at radius 3 is 1.19 bits per heavy atom. The van der Waals surface area contributed by atoms with Gasteiger partial charge in [-0.2, -0.15) is 0 Å². The third-order valence-electron chi connectivity index (χ3n) is 12.0. The van der Waals surface area contributed by atoms with Crippen molar-refractivity contribution in [2.24, 2.45) is 10.7 Å². The minimum absolute atomic E-state index is 0.117. The van der Waals surface area contributed by atoms with E-state index in [-0.39, 0.29) is 54.2 Å². The molecule has 0 radical (unpaired) electrons. The van der Waals surface area contributed by atoms with Crippen LogP contribution in [0.15, 0.2) is 175 Å². The number of nitrogens with two attached hydrogens (primary N) is 1. The largest absolute Gasteiger partial charge is 0.370 e. The summed E-state index contributed by atoms with van der Waals surface area (Å²) in [6.07, 6.45) is 0. The molecule has 2 saturated heterocycles. The Morgan fingerprint density at radius 2 is 0.823 bits per heavy atom. The average molecular weight is 833 g/mol. The maximum absolute atomic E-state index is 14.1. The van der Waals surface area contributed by atoms with E-state index in [0.29, 0.717) is 0 Å². The Kier molecular flexibility index (Phi) is 13.8. The summed E-state index contributed by atoms with van der Waals surface area (Å²) in [5.41, 5.74) is 13.0. The summed E-state index contributed by atoms with van der Waals surface area (Å²) >= 11 is 0. The number of guanidine groups is 1. The van der Waals surface area contributed by atoms with E-state index in [1.807, 2.05) is 84.9 Å². The first-order valence-electron chi connectivity index (χ1n) is 21.4. The molecule has 4 atom stereocenters. The van der Waals surface area contributed by atoms with Gasteiger partial charge in [-0.1, -0.05) is 121 Å². The van der Waals surface area contributed by atoms with Gasteiger partial charge in [0.05, 0.1) is 24.2 Å². The SMILES string of the molecule is NC(=NCC(=O)NC(c1ccccc1)C(c1ccccc1)N1CCN(c2ccc(F)cc2)CC1)NC(c1ccccc1)C(c1ccccc1)N1CCN(c2ccc(F)cc2)CC1. The Labute approximate surface area is 363 Å². The second-order valence-electron chi connectivity index (χ2n) is 15.9. The first-order chi connectivity index (χ1) is 30.4. The molecule has 1 amide bonds. The lowest BCUT2D eigenvalue weighted by Gasteiger charge is -2.43. The zero-order valence-electron chi connectivity index (χ0n) is 34.8. The topological polar surface area (TPSA) is 92.5 Å². The third-order valence-corrected chi connectivity index (χ3v) is 12.0. The van der Waals surface area contributed by atoms with Gasteiger partial charge >= 0.3 is 0 Å². The molecule has 6 aromatic carbocycles. The van der Waals surface area contributed by atoms with Gasteiger partial charge in [-0.25, -0.2) is 13.8 Å². The normalized spacial score (nSPS) is 17.2. The summed E-state index contributed by atoms with van der Waals surface area (Å²) < 4.78 is 27.5. The average Bonchev–Trinajstić information content (AvgIpc) is 3.33. The molecule has 6 aromatic rings. The van der Waals surface area contributed by atoms with Crippen molar-refractivity contribution < 1.29 is 13.6 Å². The monoisotopic (exact) mass is 832 g/mol. The molecule has 0 bridgehead atoms. The predicted octanol–water partition coefficient (Wildman–Crippen LogP) is 7.89. The minimum Gasteiger partial charge on any atom is -0.370 e. The number of halogens is 2. The van der Waals surface area contributed by atoms with Crippen molar-refractivity contribution in [3.63, 3.8) is 0 Å². The Hall–Kier alpha value is -6.56. The summed E-state index contributed by atoms with van der Waals surface area (Å²) in [6, 6.07) is 53.4. The van der Waals surface area contributed by atoms with Crippen LogP contribution in [0.3, 0.4) is 0 Å². The Balaban J connectivity index is 1.01. The van der Waals surface area contributed by atoms with Crippen LogP contribution < -0.4 is 26.2 Å². The molecule has 2 fully saturated rings. The van der Waals surface area contributed by atoms with E-state index in [2.05, 4.69) is 95.9 Å². The van der Waals surface area contributed by atoms with Gasteiger partial charge < -0.3 is 26.2 Å². The lowest BCUT2D eigenvalue weighted by Crippen LogP contribution is -2.51. The highest BCUT2D eigenvalue weighted by molar-refractivity contribution is 5.84. The van der Waals surface area contributed by atoms with Gasteiger partial charge in [-0.3, -0.25) is 14.6 Å². The second-order valence-corrected chi connectivity index (χ2v) is 15.9. The standard InChI is InChI=1S/C51H54F2N8O/c52-42-21-25-44(26-22-42)58-29-33-60(34-30-58)49(40-17-9-3-10-18-40)47(38-13-5-1-6-14-38)56-46(62)37-55-51(54)57-48(39-15-7-2-8-16-39)50(41-19-11-4-12-20-41)61-35-31-59(32-36-61)45-27-23-43(53)24-28-45/h1-28,47-50H,29-37H2,(H,56,62)(H3,54,55,57). The molecule has 318 valence electrons. The van der Waals surface area contributed by atoms with Crippen LogP contribution in [0.1, 0.15) is 46.4 Å². The zero-order valence-corrected chi connectivity index (χ0v) is 34.8. The highest BCUT2D eigenvalue weighted by atomic mass is 19.1. The van der Waals surface area contributed by atoms with Crippen molar-refractivity contribution >= 4 is 23.2 Å². The summed E-state index contributed by atoms with van der Waals surface area (Å²) in [5.74, 6) is -0.566. The molecule has 2 aliphatic heterocycles. The van der Waals surface area contributed by atoms with E-state index in [9.17, 15) is 13.6 Å². The van der Waals surface area contributed by atoms with Crippen LogP contribution in [-0.2, 0) is 4.79 Å². The number of hydrogen-bond acceptors (Lipinski definition) is 6. The molecule has 9 nitrogen and oxygen atoms in total. The van der Waals surface area contributed by atoms with E-state index < -0.39 is 0 Å². The van der Waals surface area contributed by atoms with Crippen LogP contribution in [0.4, 0.5) is 20.2 Å². The molecule has 0 spiro atoms. The lowest BCUT2D eigenvalue weighted by atomic mass is 9.91. The Bertz CT molecular complexity index is 2320. The van der Waals surface area contributed by atoms with Gasteiger partial charge in [0.2, 0.25) is 5.91 Å². The van der Waals surface area contributed by atoms with Crippen LogP contribution in [-0.4, -0.2) is 80.6 Å². The van der Waals surface area contributed by atoms with E-state index in [4.69, 9.17) is 5.73 Å². The highest BCUT2D eigenvalue weighted by Crippen LogP contribution is 2.37. The van der Waals surface area contributed by atoms with Crippen molar-refractivity contribution in [3.8, 4) is 0 Å². The van der Waals surface area contributed by atoms with E-state index in [1.165, 1.54) is 24.3 Å². The van der Waals surface area contributed by atoms with Gasteiger partial charge in [0, 0.05) is 63.7 Å². The molecule has 11 heteroatoms. The quantitative estimate of drug-likeness (QED) is 0.0760.